The standard InChI is InChI=1S/C8H6N4O2S/c13-7(14)5-3-9-2-1-6(5)15-8-10-4-11-12-8/h1-4H,(H,13,14)(H,10,11,12). The Morgan fingerprint density at radius 2 is 2.40 bits per heavy atom. The van der Waals surface area contributed by atoms with Crippen molar-refractivity contribution in [2.45, 2.75) is 10.1 Å². The van der Waals surface area contributed by atoms with Gasteiger partial charge in [0.1, 0.15) is 6.33 Å². The fourth-order valence-electron chi connectivity index (χ4n) is 0.979. The Hall–Kier alpha value is -1.89. The van der Waals surface area contributed by atoms with Crippen LogP contribution >= 0.6 is 11.8 Å². The largest absolute Gasteiger partial charge is 0.478 e. The van der Waals surface area contributed by atoms with Gasteiger partial charge in [-0.15, -0.1) is 0 Å². The number of carbonyl (C=O) groups is 1. The van der Waals surface area contributed by atoms with Gasteiger partial charge in [-0.05, 0) is 17.8 Å². The lowest BCUT2D eigenvalue weighted by Gasteiger charge is -2.01. The Labute approximate surface area is 88.8 Å². The molecule has 6 nitrogen and oxygen atoms in total. The number of hydrogen-bond acceptors (Lipinski definition) is 5. The molecule has 0 atom stereocenters. The fourth-order valence-corrected chi connectivity index (χ4v) is 1.76. The Bertz CT molecular complexity index is 471. The second kappa shape index (κ2) is 4.09. The van der Waals surface area contributed by atoms with Gasteiger partial charge in [-0.25, -0.2) is 9.78 Å². The molecule has 0 amide bonds. The van der Waals surface area contributed by atoms with Crippen molar-refractivity contribution in [3.05, 3.63) is 30.4 Å². The molecular weight excluding hydrogens is 216 g/mol. The highest BCUT2D eigenvalue weighted by Crippen LogP contribution is 2.26. The maximum atomic E-state index is 10.9. The van der Waals surface area contributed by atoms with Crippen LogP contribution in [-0.2, 0) is 0 Å². The predicted molar refractivity (Wildman–Crippen MR) is 51.7 cm³/mol. The number of hydrogen-bond donors (Lipinski definition) is 2. The SMILES string of the molecule is O=C(O)c1cnccc1Sc1ncn[nH]1. The molecule has 0 aliphatic rings. The summed E-state index contributed by atoms with van der Waals surface area (Å²) in [6, 6.07) is 1.62. The van der Waals surface area contributed by atoms with E-state index >= 15 is 0 Å². The number of rotatable bonds is 3. The lowest BCUT2D eigenvalue weighted by atomic mass is 10.3. The summed E-state index contributed by atoms with van der Waals surface area (Å²) in [6.07, 6.45) is 4.20. The monoisotopic (exact) mass is 222 g/mol. The molecule has 7 heteroatoms. The topological polar surface area (TPSA) is 91.8 Å². The molecule has 2 aromatic heterocycles. The lowest BCUT2D eigenvalue weighted by molar-refractivity contribution is 0.0692. The van der Waals surface area contributed by atoms with Crippen LogP contribution in [0.1, 0.15) is 10.4 Å². The number of aromatic amines is 1. The van der Waals surface area contributed by atoms with Crippen molar-refractivity contribution in [2.75, 3.05) is 0 Å². The van der Waals surface area contributed by atoms with Crippen LogP contribution in [0.15, 0.2) is 34.8 Å². The summed E-state index contributed by atoms with van der Waals surface area (Å²) in [5.41, 5.74) is 0.152. The second-order valence-electron chi connectivity index (χ2n) is 2.57. The molecule has 0 radical (unpaired) electrons. The van der Waals surface area contributed by atoms with Crippen LogP contribution < -0.4 is 0 Å². The molecule has 2 rings (SSSR count). The first-order valence-corrected chi connectivity index (χ1v) is 4.79. The highest BCUT2D eigenvalue weighted by molar-refractivity contribution is 7.99. The van der Waals surface area contributed by atoms with Gasteiger partial charge in [-0.1, -0.05) is 0 Å². The zero-order chi connectivity index (χ0) is 10.7. The summed E-state index contributed by atoms with van der Waals surface area (Å²) >= 11 is 1.20. The van der Waals surface area contributed by atoms with E-state index in [1.165, 1.54) is 30.5 Å². The number of aromatic carboxylic acids is 1. The third-order valence-electron chi connectivity index (χ3n) is 1.61. The summed E-state index contributed by atoms with van der Waals surface area (Å²) in [4.78, 5) is 19.1. The van der Waals surface area contributed by atoms with Crippen molar-refractivity contribution in [3.8, 4) is 0 Å². The molecule has 0 bridgehead atoms. The van der Waals surface area contributed by atoms with Crippen molar-refractivity contribution in [1.29, 1.82) is 0 Å². The summed E-state index contributed by atoms with van der Waals surface area (Å²) in [6.45, 7) is 0. The Balaban J connectivity index is 2.32. The van der Waals surface area contributed by atoms with Crippen LogP contribution in [0.25, 0.3) is 0 Å². The first-order chi connectivity index (χ1) is 7.27. The van der Waals surface area contributed by atoms with E-state index in [9.17, 15) is 4.79 Å². The Kier molecular flexibility index (Phi) is 2.64. The van der Waals surface area contributed by atoms with Gasteiger partial charge in [-0.2, -0.15) is 5.10 Å². The van der Waals surface area contributed by atoms with E-state index in [0.717, 1.165) is 0 Å². The maximum absolute atomic E-state index is 10.9. The first-order valence-electron chi connectivity index (χ1n) is 3.98. The predicted octanol–water partition coefficient (Wildman–Crippen LogP) is 1.05. The van der Waals surface area contributed by atoms with Gasteiger partial charge in [0.05, 0.1) is 5.56 Å². The molecule has 0 spiro atoms. The average Bonchev–Trinajstić information content (AvgIpc) is 2.71. The number of pyridine rings is 1. The highest BCUT2D eigenvalue weighted by Gasteiger charge is 2.11. The minimum absolute atomic E-state index is 0.152. The molecule has 0 aromatic carbocycles. The van der Waals surface area contributed by atoms with E-state index in [4.69, 9.17) is 5.11 Å². The minimum atomic E-state index is -1.01. The van der Waals surface area contributed by atoms with Gasteiger partial charge in [0.25, 0.3) is 0 Å². The van der Waals surface area contributed by atoms with Crippen molar-refractivity contribution >= 4 is 17.7 Å². The molecule has 2 heterocycles. The zero-order valence-corrected chi connectivity index (χ0v) is 8.23. The maximum Gasteiger partial charge on any atom is 0.338 e. The van der Waals surface area contributed by atoms with Crippen molar-refractivity contribution in [3.63, 3.8) is 0 Å². The number of aromatic nitrogens is 4. The summed E-state index contributed by atoms with van der Waals surface area (Å²) in [5.74, 6) is -1.01. The number of nitrogens with one attached hydrogen (secondary N) is 1. The Morgan fingerprint density at radius 3 is 3.07 bits per heavy atom. The minimum Gasteiger partial charge on any atom is -0.478 e. The molecule has 15 heavy (non-hydrogen) atoms. The highest BCUT2D eigenvalue weighted by atomic mass is 32.2. The second-order valence-corrected chi connectivity index (χ2v) is 3.60. The van der Waals surface area contributed by atoms with E-state index < -0.39 is 5.97 Å². The van der Waals surface area contributed by atoms with Crippen LogP contribution in [0, 0.1) is 0 Å². The summed E-state index contributed by atoms with van der Waals surface area (Å²) < 4.78 is 0. The number of carboxylic acid groups (broad SMARTS) is 1. The van der Waals surface area contributed by atoms with Gasteiger partial charge in [-0.3, -0.25) is 10.1 Å². The van der Waals surface area contributed by atoms with E-state index in [0.29, 0.717) is 10.1 Å². The van der Waals surface area contributed by atoms with Crippen molar-refractivity contribution in [1.82, 2.24) is 20.2 Å². The lowest BCUT2D eigenvalue weighted by Crippen LogP contribution is -1.99. The van der Waals surface area contributed by atoms with Crippen LogP contribution in [0.4, 0.5) is 0 Å². The number of H-pyrrole nitrogens is 1. The van der Waals surface area contributed by atoms with Gasteiger partial charge in [0.2, 0.25) is 0 Å². The number of carboxylic acids is 1. The van der Waals surface area contributed by atoms with Crippen LogP contribution in [0.3, 0.4) is 0 Å². The van der Waals surface area contributed by atoms with Gasteiger partial charge >= 0.3 is 5.97 Å². The molecule has 0 aliphatic heterocycles. The fraction of sp³-hybridized carbons (Fsp3) is 0. The van der Waals surface area contributed by atoms with Gasteiger partial charge < -0.3 is 5.11 Å². The third kappa shape index (κ3) is 2.13. The number of nitrogens with zero attached hydrogens (tertiary/aromatic N) is 3. The van der Waals surface area contributed by atoms with Crippen LogP contribution in [0.5, 0.6) is 0 Å². The van der Waals surface area contributed by atoms with E-state index in [2.05, 4.69) is 20.2 Å². The Morgan fingerprint density at radius 1 is 1.53 bits per heavy atom. The molecule has 2 aromatic rings. The van der Waals surface area contributed by atoms with Crippen LogP contribution in [-0.4, -0.2) is 31.2 Å². The molecule has 0 unspecified atom stereocenters. The van der Waals surface area contributed by atoms with Crippen molar-refractivity contribution < 1.29 is 9.90 Å². The van der Waals surface area contributed by atoms with E-state index in [1.807, 2.05) is 0 Å². The van der Waals surface area contributed by atoms with Crippen LogP contribution in [0.2, 0.25) is 0 Å². The smallest absolute Gasteiger partial charge is 0.338 e. The average molecular weight is 222 g/mol. The zero-order valence-electron chi connectivity index (χ0n) is 7.41. The molecule has 0 aliphatic carbocycles. The molecule has 76 valence electrons. The van der Waals surface area contributed by atoms with Gasteiger partial charge in [0.15, 0.2) is 5.16 Å². The van der Waals surface area contributed by atoms with Gasteiger partial charge in [0, 0.05) is 17.3 Å². The normalized spacial score (nSPS) is 10.1. The molecule has 0 saturated heterocycles. The van der Waals surface area contributed by atoms with E-state index in [1.54, 1.807) is 6.07 Å². The first kappa shape index (κ1) is 9.66. The molecule has 0 fully saturated rings. The quantitative estimate of drug-likeness (QED) is 0.806. The molecular formula is C8H6N4O2S. The van der Waals surface area contributed by atoms with Crippen molar-refractivity contribution in [2.24, 2.45) is 0 Å². The van der Waals surface area contributed by atoms with E-state index in [-0.39, 0.29) is 5.56 Å². The third-order valence-corrected chi connectivity index (χ3v) is 2.58. The molecule has 0 saturated carbocycles. The summed E-state index contributed by atoms with van der Waals surface area (Å²) in [7, 11) is 0. The summed E-state index contributed by atoms with van der Waals surface area (Å²) in [5, 5.41) is 15.8. The molecule has 2 N–H and O–H groups in total.